The number of rotatable bonds is 0. The molecule has 0 radical (unpaired) electrons. The van der Waals surface area contributed by atoms with Gasteiger partial charge in [0, 0.05) is 12.1 Å². The zero-order valence-electron chi connectivity index (χ0n) is 6.30. The van der Waals surface area contributed by atoms with Crippen LogP contribution >= 0.6 is 0 Å². The van der Waals surface area contributed by atoms with Gasteiger partial charge in [0.15, 0.2) is 0 Å². The second-order valence-electron chi connectivity index (χ2n) is 3.11. The van der Waals surface area contributed by atoms with Crippen LogP contribution in [0.25, 0.3) is 0 Å². The van der Waals surface area contributed by atoms with Crippen molar-refractivity contribution in [3.63, 3.8) is 0 Å². The molecule has 0 aliphatic carbocycles. The number of piperidine rings is 1. The first-order valence-corrected chi connectivity index (χ1v) is 3.66. The molecule has 0 aromatic carbocycles. The number of nitrogens with zero attached hydrogens (tertiary/aromatic N) is 1. The molecule has 2 atom stereocenters. The Morgan fingerprint density at radius 1 is 1.56 bits per heavy atom. The number of hydrogen-bond acceptors (Lipinski definition) is 2. The summed E-state index contributed by atoms with van der Waals surface area (Å²) in [5.41, 5.74) is 5.76. The van der Waals surface area contributed by atoms with Crippen LogP contribution in [0, 0.1) is 0 Å². The standard InChI is InChI=1S/C7H16N2/c1-6-5-7(8)3-4-9(6)2/h6-7H,3-5,8H2,1-2H3/t6-,7-/m1/s1. The largest absolute Gasteiger partial charge is 0.328 e. The lowest BCUT2D eigenvalue weighted by molar-refractivity contribution is 0.184. The first-order chi connectivity index (χ1) is 4.20. The van der Waals surface area contributed by atoms with E-state index in [2.05, 4.69) is 18.9 Å². The minimum Gasteiger partial charge on any atom is -0.328 e. The fourth-order valence-electron chi connectivity index (χ4n) is 1.33. The molecule has 1 rings (SSSR count). The van der Waals surface area contributed by atoms with Gasteiger partial charge in [-0.15, -0.1) is 0 Å². The van der Waals surface area contributed by atoms with E-state index in [4.69, 9.17) is 5.73 Å². The van der Waals surface area contributed by atoms with Crippen molar-refractivity contribution in [2.75, 3.05) is 13.6 Å². The van der Waals surface area contributed by atoms with Gasteiger partial charge >= 0.3 is 0 Å². The third-order valence-electron chi connectivity index (χ3n) is 2.25. The minimum absolute atomic E-state index is 0.455. The topological polar surface area (TPSA) is 29.3 Å². The monoisotopic (exact) mass is 128 g/mol. The van der Waals surface area contributed by atoms with Gasteiger partial charge in [0.1, 0.15) is 0 Å². The molecule has 0 bridgehead atoms. The Morgan fingerprint density at radius 3 is 2.67 bits per heavy atom. The maximum absolute atomic E-state index is 5.76. The molecule has 0 amide bonds. The van der Waals surface area contributed by atoms with Gasteiger partial charge in [-0.1, -0.05) is 0 Å². The van der Waals surface area contributed by atoms with Crippen LogP contribution in [0.4, 0.5) is 0 Å². The normalized spacial score (nSPS) is 39.0. The van der Waals surface area contributed by atoms with Crippen LogP contribution in [0.3, 0.4) is 0 Å². The predicted molar refractivity (Wildman–Crippen MR) is 39.3 cm³/mol. The van der Waals surface area contributed by atoms with Gasteiger partial charge in [0.2, 0.25) is 0 Å². The quantitative estimate of drug-likeness (QED) is 0.512. The molecule has 0 unspecified atom stereocenters. The summed E-state index contributed by atoms with van der Waals surface area (Å²) in [5, 5.41) is 0. The van der Waals surface area contributed by atoms with Crippen molar-refractivity contribution in [2.24, 2.45) is 5.73 Å². The van der Waals surface area contributed by atoms with Gasteiger partial charge in [-0.05, 0) is 33.4 Å². The van der Waals surface area contributed by atoms with Crippen LogP contribution < -0.4 is 5.73 Å². The molecule has 2 nitrogen and oxygen atoms in total. The van der Waals surface area contributed by atoms with Gasteiger partial charge in [0.25, 0.3) is 0 Å². The van der Waals surface area contributed by atoms with Gasteiger partial charge in [0.05, 0.1) is 0 Å². The highest BCUT2D eigenvalue weighted by Gasteiger charge is 2.18. The summed E-state index contributed by atoms with van der Waals surface area (Å²) < 4.78 is 0. The third-order valence-corrected chi connectivity index (χ3v) is 2.25. The van der Waals surface area contributed by atoms with Gasteiger partial charge in [-0.3, -0.25) is 0 Å². The second kappa shape index (κ2) is 2.67. The molecule has 1 heterocycles. The fraction of sp³-hybridized carbons (Fsp3) is 1.00. The van der Waals surface area contributed by atoms with Crippen molar-refractivity contribution in [3.05, 3.63) is 0 Å². The summed E-state index contributed by atoms with van der Waals surface area (Å²) in [5.74, 6) is 0. The highest BCUT2D eigenvalue weighted by Crippen LogP contribution is 2.12. The lowest BCUT2D eigenvalue weighted by Crippen LogP contribution is -2.43. The SMILES string of the molecule is C[C@@H]1C[C@H](N)CCN1C. The summed E-state index contributed by atoms with van der Waals surface area (Å²) in [4.78, 5) is 2.36. The molecule has 1 aliphatic heterocycles. The molecular formula is C7H16N2. The molecule has 2 N–H and O–H groups in total. The highest BCUT2D eigenvalue weighted by atomic mass is 15.1. The van der Waals surface area contributed by atoms with E-state index in [-0.39, 0.29) is 0 Å². The molecule has 0 aromatic rings. The van der Waals surface area contributed by atoms with Crippen LogP contribution in [0.1, 0.15) is 19.8 Å². The first kappa shape index (κ1) is 7.03. The van der Waals surface area contributed by atoms with E-state index in [1.807, 2.05) is 0 Å². The molecule has 9 heavy (non-hydrogen) atoms. The van der Waals surface area contributed by atoms with Crippen molar-refractivity contribution in [1.29, 1.82) is 0 Å². The summed E-state index contributed by atoms with van der Waals surface area (Å²) >= 11 is 0. The van der Waals surface area contributed by atoms with Gasteiger partial charge in [-0.25, -0.2) is 0 Å². The van der Waals surface area contributed by atoms with Crippen molar-refractivity contribution < 1.29 is 0 Å². The van der Waals surface area contributed by atoms with Crippen molar-refractivity contribution in [2.45, 2.75) is 31.8 Å². The van der Waals surface area contributed by atoms with E-state index in [1.54, 1.807) is 0 Å². The number of likely N-dealkylation sites (tertiary alicyclic amines) is 1. The average Bonchev–Trinajstić information content (AvgIpc) is 1.80. The fourth-order valence-corrected chi connectivity index (χ4v) is 1.33. The molecule has 2 heteroatoms. The van der Waals surface area contributed by atoms with Crippen LogP contribution in [0.2, 0.25) is 0 Å². The Labute approximate surface area is 57.0 Å². The van der Waals surface area contributed by atoms with Gasteiger partial charge < -0.3 is 10.6 Å². The Morgan fingerprint density at radius 2 is 2.22 bits per heavy atom. The van der Waals surface area contributed by atoms with Gasteiger partial charge in [-0.2, -0.15) is 0 Å². The average molecular weight is 128 g/mol. The van der Waals surface area contributed by atoms with E-state index in [0.717, 1.165) is 6.42 Å². The maximum atomic E-state index is 5.76. The number of nitrogens with two attached hydrogens (primary N) is 1. The molecule has 0 spiro atoms. The van der Waals surface area contributed by atoms with Crippen molar-refractivity contribution in [1.82, 2.24) is 4.90 Å². The van der Waals surface area contributed by atoms with Crippen LogP contribution in [0.15, 0.2) is 0 Å². The van der Waals surface area contributed by atoms with Crippen LogP contribution in [-0.2, 0) is 0 Å². The van der Waals surface area contributed by atoms with E-state index < -0.39 is 0 Å². The Balaban J connectivity index is 2.35. The Hall–Kier alpha value is -0.0800. The van der Waals surface area contributed by atoms with E-state index in [0.29, 0.717) is 12.1 Å². The molecule has 54 valence electrons. The number of hydrogen-bond donors (Lipinski definition) is 1. The zero-order chi connectivity index (χ0) is 6.85. The molecule has 1 aliphatic rings. The summed E-state index contributed by atoms with van der Waals surface area (Å²) in [6, 6.07) is 1.14. The molecule has 0 saturated carbocycles. The summed E-state index contributed by atoms with van der Waals surface area (Å²) in [7, 11) is 2.16. The zero-order valence-corrected chi connectivity index (χ0v) is 6.30. The Kier molecular flexibility index (Phi) is 2.09. The highest BCUT2D eigenvalue weighted by molar-refractivity contribution is 4.78. The lowest BCUT2D eigenvalue weighted by Gasteiger charge is -2.33. The maximum Gasteiger partial charge on any atom is 0.00786 e. The van der Waals surface area contributed by atoms with E-state index in [1.165, 1.54) is 13.0 Å². The van der Waals surface area contributed by atoms with Crippen LogP contribution in [-0.4, -0.2) is 30.6 Å². The predicted octanol–water partition coefficient (Wildman–Crippen LogP) is 0.428. The molecular weight excluding hydrogens is 112 g/mol. The van der Waals surface area contributed by atoms with Crippen LogP contribution in [0.5, 0.6) is 0 Å². The molecule has 1 saturated heterocycles. The molecule has 1 fully saturated rings. The second-order valence-corrected chi connectivity index (χ2v) is 3.11. The summed E-state index contributed by atoms with van der Waals surface area (Å²) in [6.07, 6.45) is 2.33. The Bertz CT molecular complexity index is 92.9. The summed E-state index contributed by atoms with van der Waals surface area (Å²) in [6.45, 7) is 3.40. The minimum atomic E-state index is 0.455. The smallest absolute Gasteiger partial charge is 0.00786 e. The van der Waals surface area contributed by atoms with Crippen molar-refractivity contribution in [3.8, 4) is 0 Å². The molecule has 0 aromatic heterocycles. The first-order valence-electron chi connectivity index (χ1n) is 3.66. The van der Waals surface area contributed by atoms with E-state index in [9.17, 15) is 0 Å². The van der Waals surface area contributed by atoms with Crippen molar-refractivity contribution >= 4 is 0 Å². The van der Waals surface area contributed by atoms with E-state index >= 15 is 0 Å². The lowest BCUT2D eigenvalue weighted by atomic mass is 10.0. The third kappa shape index (κ3) is 1.66.